The minimum absolute atomic E-state index is 0.0626. The van der Waals surface area contributed by atoms with Gasteiger partial charge in [-0.1, -0.05) is 51.1 Å². The third kappa shape index (κ3) is 5.21. The molecule has 3 aliphatic rings. The molecular weight excluding hydrogens is 530 g/mol. The van der Waals surface area contributed by atoms with Gasteiger partial charge in [-0.05, 0) is 64.5 Å². The lowest BCUT2D eigenvalue weighted by atomic mass is 9.65. The third-order valence-electron chi connectivity index (χ3n) is 9.37. The number of amides is 3. The van der Waals surface area contributed by atoms with Gasteiger partial charge in [-0.2, -0.15) is 0 Å². The molecule has 0 aliphatic carbocycles. The van der Waals surface area contributed by atoms with Crippen LogP contribution < -0.4 is 4.90 Å². The Kier molecular flexibility index (Phi) is 8.57. The van der Waals surface area contributed by atoms with Crippen molar-refractivity contribution in [3.05, 3.63) is 55.6 Å². The summed E-state index contributed by atoms with van der Waals surface area (Å²) < 4.78 is 6.85. The van der Waals surface area contributed by atoms with Gasteiger partial charge in [-0.25, -0.2) is 0 Å². The summed E-state index contributed by atoms with van der Waals surface area (Å²) in [5.41, 5.74) is -2.00. The fraction of sp³-hybridized carbons (Fsp3) is 0.618. The zero-order valence-electron chi connectivity index (χ0n) is 26.4. The molecule has 230 valence electrons. The van der Waals surface area contributed by atoms with Crippen molar-refractivity contribution in [2.75, 3.05) is 24.6 Å². The summed E-state index contributed by atoms with van der Waals surface area (Å²) in [6, 6.07) is 7.74. The molecule has 1 N–H and O–H groups in total. The molecule has 1 aromatic carbocycles. The van der Waals surface area contributed by atoms with Crippen LogP contribution in [0.25, 0.3) is 0 Å². The number of carbonyl (C=O) groups excluding carboxylic acids is 3. The molecule has 42 heavy (non-hydrogen) atoms. The largest absolute Gasteiger partial charge is 0.394 e. The van der Waals surface area contributed by atoms with E-state index in [1.807, 2.05) is 51.1 Å². The summed E-state index contributed by atoms with van der Waals surface area (Å²) in [7, 11) is 0. The van der Waals surface area contributed by atoms with Gasteiger partial charge in [0.15, 0.2) is 0 Å². The highest BCUT2D eigenvalue weighted by Gasteiger charge is 2.79. The number of benzene rings is 1. The van der Waals surface area contributed by atoms with Crippen LogP contribution in [0.3, 0.4) is 0 Å². The van der Waals surface area contributed by atoms with Crippen LogP contribution in [0.4, 0.5) is 5.69 Å². The number of carbonyl (C=O) groups is 3. The van der Waals surface area contributed by atoms with E-state index in [4.69, 9.17) is 4.74 Å². The number of ether oxygens (including phenoxy) is 1. The first kappa shape index (κ1) is 32.0. The number of anilines is 1. The van der Waals surface area contributed by atoms with Crippen molar-refractivity contribution < 1.29 is 24.2 Å². The van der Waals surface area contributed by atoms with Crippen molar-refractivity contribution >= 4 is 23.4 Å². The van der Waals surface area contributed by atoms with E-state index in [-0.39, 0.29) is 36.3 Å². The summed E-state index contributed by atoms with van der Waals surface area (Å²) in [6.45, 7) is 22.2. The molecule has 8 heteroatoms. The average molecular weight is 580 g/mol. The molecule has 1 spiro atoms. The van der Waals surface area contributed by atoms with E-state index in [0.717, 1.165) is 6.42 Å². The van der Waals surface area contributed by atoms with Gasteiger partial charge in [0.2, 0.25) is 17.7 Å². The number of para-hydroxylation sites is 1. The minimum Gasteiger partial charge on any atom is -0.394 e. The van der Waals surface area contributed by atoms with Crippen molar-refractivity contribution in [1.29, 1.82) is 0 Å². The molecule has 0 aromatic heterocycles. The summed E-state index contributed by atoms with van der Waals surface area (Å²) in [5, 5.41) is 10.3. The number of fused-ring (bicyclic) bond motifs is 1. The van der Waals surface area contributed by atoms with Gasteiger partial charge >= 0.3 is 0 Å². The molecule has 1 aromatic rings. The first-order valence-corrected chi connectivity index (χ1v) is 15.1. The maximum Gasteiger partial charge on any atom is 0.249 e. The van der Waals surface area contributed by atoms with Crippen LogP contribution in [0.15, 0.2) is 55.6 Å². The smallest absolute Gasteiger partial charge is 0.249 e. The number of hydrogen-bond donors (Lipinski definition) is 1. The van der Waals surface area contributed by atoms with Crippen molar-refractivity contribution in [2.45, 2.75) is 96.6 Å². The fourth-order valence-corrected chi connectivity index (χ4v) is 8.11. The molecule has 6 atom stereocenters. The van der Waals surface area contributed by atoms with E-state index < -0.39 is 40.7 Å². The normalized spacial score (nSPS) is 29.3. The molecule has 3 aliphatic heterocycles. The lowest BCUT2D eigenvalue weighted by Gasteiger charge is -2.46. The van der Waals surface area contributed by atoms with Crippen LogP contribution in [0.5, 0.6) is 0 Å². The van der Waals surface area contributed by atoms with Gasteiger partial charge in [0.25, 0.3) is 0 Å². The Labute approximate surface area is 251 Å². The molecule has 8 nitrogen and oxygen atoms in total. The molecular formula is C34H49N3O5. The Morgan fingerprint density at radius 2 is 1.71 bits per heavy atom. The zero-order valence-corrected chi connectivity index (χ0v) is 26.4. The molecule has 0 saturated carbocycles. The van der Waals surface area contributed by atoms with Crippen LogP contribution in [0.2, 0.25) is 0 Å². The topological polar surface area (TPSA) is 90.4 Å². The third-order valence-corrected chi connectivity index (χ3v) is 9.37. The Morgan fingerprint density at radius 3 is 2.26 bits per heavy atom. The van der Waals surface area contributed by atoms with E-state index in [9.17, 15) is 19.5 Å². The monoisotopic (exact) mass is 579 g/mol. The van der Waals surface area contributed by atoms with Crippen molar-refractivity contribution in [3.63, 3.8) is 0 Å². The number of nitrogens with zero attached hydrogens (tertiary/aromatic N) is 3. The molecule has 0 radical (unpaired) electrons. The number of rotatable bonds is 11. The highest BCUT2D eigenvalue weighted by atomic mass is 16.5. The average Bonchev–Trinajstić information content (AvgIpc) is 3.48. The van der Waals surface area contributed by atoms with E-state index in [1.54, 1.807) is 28.9 Å². The fourth-order valence-electron chi connectivity index (χ4n) is 8.11. The summed E-state index contributed by atoms with van der Waals surface area (Å²) in [4.78, 5) is 48.7. The SMILES string of the molecule is C=CCN(C(=O)[C@@H]1[C@H]2C(=O)N([C@H](C)CO)C(C(=O)N(CC=C)C(C)(C)CC(C)(C)C)C23CC[C@@]1(C)O3)c1ccccc1. The molecule has 2 bridgehead atoms. The van der Waals surface area contributed by atoms with Gasteiger partial charge in [-0.15, -0.1) is 13.2 Å². The Morgan fingerprint density at radius 1 is 1.10 bits per heavy atom. The van der Waals surface area contributed by atoms with Crippen LogP contribution in [0.1, 0.15) is 67.7 Å². The van der Waals surface area contributed by atoms with Gasteiger partial charge in [0.05, 0.1) is 30.1 Å². The maximum atomic E-state index is 14.8. The molecule has 4 rings (SSSR count). The Bertz CT molecular complexity index is 1220. The summed E-state index contributed by atoms with van der Waals surface area (Å²) in [6.07, 6.45) is 5.12. The van der Waals surface area contributed by atoms with E-state index in [2.05, 4.69) is 33.9 Å². The van der Waals surface area contributed by atoms with Gasteiger partial charge in [0, 0.05) is 24.3 Å². The lowest BCUT2D eigenvalue weighted by Crippen LogP contribution is -2.62. The number of aliphatic hydroxyl groups is 1. The van der Waals surface area contributed by atoms with Crippen molar-refractivity contribution in [2.24, 2.45) is 17.3 Å². The Hall–Kier alpha value is -2.97. The molecule has 3 fully saturated rings. The van der Waals surface area contributed by atoms with E-state index in [1.165, 1.54) is 4.90 Å². The quantitative estimate of drug-likeness (QED) is 0.388. The second kappa shape index (κ2) is 11.3. The zero-order chi connectivity index (χ0) is 31.3. The molecule has 3 saturated heterocycles. The predicted octanol–water partition coefficient (Wildman–Crippen LogP) is 4.58. The summed E-state index contributed by atoms with van der Waals surface area (Å²) in [5.74, 6) is -2.40. The highest BCUT2D eigenvalue weighted by Crippen LogP contribution is 2.64. The second-order valence-corrected chi connectivity index (χ2v) is 14.4. The minimum atomic E-state index is -1.18. The highest BCUT2D eigenvalue weighted by molar-refractivity contribution is 6.03. The van der Waals surface area contributed by atoms with Crippen molar-refractivity contribution in [3.8, 4) is 0 Å². The lowest BCUT2D eigenvalue weighted by molar-refractivity contribution is -0.158. The molecule has 3 amide bonds. The van der Waals surface area contributed by atoms with Gasteiger partial charge < -0.3 is 24.5 Å². The molecule has 2 unspecified atom stereocenters. The number of aliphatic hydroxyl groups excluding tert-OH is 1. The van der Waals surface area contributed by atoms with Crippen LogP contribution in [0, 0.1) is 17.3 Å². The number of likely N-dealkylation sites (tertiary alicyclic amines) is 1. The van der Waals surface area contributed by atoms with Crippen molar-refractivity contribution in [1.82, 2.24) is 9.80 Å². The van der Waals surface area contributed by atoms with E-state index >= 15 is 0 Å². The van der Waals surface area contributed by atoms with Gasteiger partial charge in [0.1, 0.15) is 11.6 Å². The van der Waals surface area contributed by atoms with Crippen LogP contribution in [-0.4, -0.2) is 81.1 Å². The number of hydrogen-bond acceptors (Lipinski definition) is 5. The van der Waals surface area contributed by atoms with Crippen LogP contribution in [-0.2, 0) is 19.1 Å². The summed E-state index contributed by atoms with van der Waals surface area (Å²) >= 11 is 0. The van der Waals surface area contributed by atoms with Gasteiger partial charge in [-0.3, -0.25) is 14.4 Å². The van der Waals surface area contributed by atoms with E-state index in [0.29, 0.717) is 25.1 Å². The maximum absolute atomic E-state index is 14.8. The van der Waals surface area contributed by atoms with Crippen LogP contribution >= 0.6 is 0 Å². The molecule has 3 heterocycles. The predicted molar refractivity (Wildman–Crippen MR) is 165 cm³/mol. The first-order chi connectivity index (χ1) is 19.6. The Balaban J connectivity index is 1.83. The standard InChI is InChI=1S/C34H49N3O5/c1-10-19-35(24-15-13-12-14-16-24)28(39)25-26-29(40)37(23(3)21-38)27(34(26)18-17-33(25,9)42-34)30(41)36(20-11-2)32(7,8)22-31(4,5)6/h10-16,23,25-27,38H,1-2,17-22H2,3-9H3/t23-,25+,26+,27?,33-,34?/m1/s1. The second-order valence-electron chi connectivity index (χ2n) is 14.4. The first-order valence-electron chi connectivity index (χ1n) is 15.1.